The Labute approximate surface area is 91.9 Å². The molecule has 0 aliphatic carbocycles. The molecule has 1 atom stereocenters. The van der Waals surface area contributed by atoms with Crippen molar-refractivity contribution in [2.45, 2.75) is 12.8 Å². The molecule has 0 bridgehead atoms. The van der Waals surface area contributed by atoms with Crippen molar-refractivity contribution < 1.29 is 0 Å². The van der Waals surface area contributed by atoms with Crippen LogP contribution >= 0.6 is 11.8 Å². The molecule has 3 heteroatoms. The minimum Gasteiger partial charge on any atom is -0.316 e. The van der Waals surface area contributed by atoms with Gasteiger partial charge in [0, 0.05) is 18.1 Å². The minimum atomic E-state index is 0.855. The second-order valence-corrected chi connectivity index (χ2v) is 4.93. The molecule has 0 amide bonds. The van der Waals surface area contributed by atoms with Crippen LogP contribution in [0.15, 0.2) is 12.7 Å². The topological polar surface area (TPSA) is 24.1 Å². The summed E-state index contributed by atoms with van der Waals surface area (Å²) in [5, 5.41) is 6.96. The highest BCUT2D eigenvalue weighted by atomic mass is 32.2. The zero-order chi connectivity index (χ0) is 10.1. The summed E-state index contributed by atoms with van der Waals surface area (Å²) in [4.78, 5) is 0. The molecule has 2 N–H and O–H groups in total. The molecule has 0 radical (unpaired) electrons. The van der Waals surface area contributed by atoms with E-state index < -0.39 is 0 Å². The van der Waals surface area contributed by atoms with Crippen molar-refractivity contribution in [1.29, 1.82) is 0 Å². The SMILES string of the molecule is C=CCSCCNCC1CCCNC1. The largest absolute Gasteiger partial charge is 0.316 e. The number of rotatable bonds is 7. The number of thioether (sulfide) groups is 1. The van der Waals surface area contributed by atoms with Gasteiger partial charge >= 0.3 is 0 Å². The zero-order valence-electron chi connectivity index (χ0n) is 8.93. The summed E-state index contributed by atoms with van der Waals surface area (Å²) in [5.74, 6) is 3.13. The van der Waals surface area contributed by atoms with Gasteiger partial charge in [-0.25, -0.2) is 0 Å². The molecule has 1 heterocycles. The summed E-state index contributed by atoms with van der Waals surface area (Å²) >= 11 is 1.94. The highest BCUT2D eigenvalue weighted by molar-refractivity contribution is 7.99. The van der Waals surface area contributed by atoms with E-state index in [1.54, 1.807) is 0 Å². The summed E-state index contributed by atoms with van der Waals surface area (Å²) in [6.45, 7) is 8.43. The van der Waals surface area contributed by atoms with Crippen molar-refractivity contribution in [1.82, 2.24) is 10.6 Å². The predicted octanol–water partition coefficient (Wildman–Crippen LogP) is 1.49. The fraction of sp³-hybridized carbons (Fsp3) is 0.818. The van der Waals surface area contributed by atoms with Crippen molar-refractivity contribution in [2.75, 3.05) is 37.7 Å². The fourth-order valence-electron chi connectivity index (χ4n) is 1.72. The maximum Gasteiger partial charge on any atom is 0.0111 e. The normalized spacial score (nSPS) is 22.1. The predicted molar refractivity (Wildman–Crippen MR) is 66.0 cm³/mol. The summed E-state index contributed by atoms with van der Waals surface area (Å²) in [6, 6.07) is 0. The number of nitrogens with one attached hydrogen (secondary N) is 2. The summed E-state index contributed by atoms with van der Waals surface area (Å²) in [5.41, 5.74) is 0. The highest BCUT2D eigenvalue weighted by Crippen LogP contribution is 2.08. The van der Waals surface area contributed by atoms with Crippen molar-refractivity contribution in [3.63, 3.8) is 0 Å². The monoisotopic (exact) mass is 214 g/mol. The first-order valence-corrected chi connectivity index (χ1v) is 6.69. The number of piperidine rings is 1. The second kappa shape index (κ2) is 8.33. The molecule has 0 spiro atoms. The molecule has 1 aliphatic rings. The smallest absolute Gasteiger partial charge is 0.0111 e. The first kappa shape index (κ1) is 12.1. The van der Waals surface area contributed by atoms with Gasteiger partial charge in [-0.2, -0.15) is 11.8 Å². The van der Waals surface area contributed by atoms with Crippen molar-refractivity contribution in [3.05, 3.63) is 12.7 Å². The molecule has 0 aromatic carbocycles. The van der Waals surface area contributed by atoms with Gasteiger partial charge in [0.1, 0.15) is 0 Å². The van der Waals surface area contributed by atoms with Gasteiger partial charge in [0.05, 0.1) is 0 Å². The van der Waals surface area contributed by atoms with E-state index in [4.69, 9.17) is 0 Å². The summed E-state index contributed by atoms with van der Waals surface area (Å²) in [6.07, 6.45) is 4.70. The molecule has 0 aromatic heterocycles. The molecule has 2 nitrogen and oxygen atoms in total. The van der Waals surface area contributed by atoms with Crippen LogP contribution in [0.4, 0.5) is 0 Å². The van der Waals surface area contributed by atoms with Gasteiger partial charge < -0.3 is 10.6 Å². The van der Waals surface area contributed by atoms with E-state index >= 15 is 0 Å². The van der Waals surface area contributed by atoms with Gasteiger partial charge in [-0.3, -0.25) is 0 Å². The van der Waals surface area contributed by atoms with Crippen molar-refractivity contribution in [2.24, 2.45) is 5.92 Å². The van der Waals surface area contributed by atoms with Gasteiger partial charge in [0.15, 0.2) is 0 Å². The van der Waals surface area contributed by atoms with Crippen LogP contribution in [0.2, 0.25) is 0 Å². The Morgan fingerprint density at radius 1 is 1.57 bits per heavy atom. The molecular weight excluding hydrogens is 192 g/mol. The lowest BCUT2D eigenvalue weighted by Crippen LogP contribution is -2.36. The van der Waals surface area contributed by atoms with E-state index in [0.29, 0.717) is 0 Å². The van der Waals surface area contributed by atoms with Crippen LogP contribution in [-0.4, -0.2) is 37.7 Å². The average Bonchev–Trinajstić information content (AvgIpc) is 2.25. The van der Waals surface area contributed by atoms with E-state index in [9.17, 15) is 0 Å². The Bertz CT molecular complexity index is 144. The molecular formula is C11H22N2S. The molecule has 1 unspecified atom stereocenters. The van der Waals surface area contributed by atoms with E-state index in [0.717, 1.165) is 18.2 Å². The highest BCUT2D eigenvalue weighted by Gasteiger charge is 2.11. The molecule has 82 valence electrons. The van der Waals surface area contributed by atoms with Gasteiger partial charge in [0.25, 0.3) is 0 Å². The van der Waals surface area contributed by atoms with E-state index in [-0.39, 0.29) is 0 Å². The lowest BCUT2D eigenvalue weighted by molar-refractivity contribution is 0.363. The third kappa shape index (κ3) is 5.68. The van der Waals surface area contributed by atoms with Crippen molar-refractivity contribution >= 4 is 11.8 Å². The van der Waals surface area contributed by atoms with Crippen LogP contribution in [0.3, 0.4) is 0 Å². The summed E-state index contributed by atoms with van der Waals surface area (Å²) in [7, 11) is 0. The molecule has 1 aliphatic heterocycles. The third-order valence-electron chi connectivity index (χ3n) is 2.49. The molecule has 1 fully saturated rings. The number of hydrogen-bond acceptors (Lipinski definition) is 3. The first-order valence-electron chi connectivity index (χ1n) is 5.53. The molecule has 0 aromatic rings. The lowest BCUT2D eigenvalue weighted by atomic mass is 10.00. The quantitative estimate of drug-likeness (QED) is 0.496. The Kier molecular flexibility index (Phi) is 7.19. The van der Waals surface area contributed by atoms with Crippen molar-refractivity contribution in [3.8, 4) is 0 Å². The summed E-state index contributed by atoms with van der Waals surface area (Å²) < 4.78 is 0. The van der Waals surface area contributed by atoms with E-state index in [1.165, 1.54) is 38.2 Å². The second-order valence-electron chi connectivity index (χ2n) is 3.78. The fourth-order valence-corrected chi connectivity index (χ4v) is 2.34. The maximum absolute atomic E-state index is 3.70. The first-order chi connectivity index (χ1) is 6.93. The molecule has 1 saturated heterocycles. The molecule has 14 heavy (non-hydrogen) atoms. The van der Waals surface area contributed by atoms with Crippen LogP contribution in [-0.2, 0) is 0 Å². The Morgan fingerprint density at radius 3 is 3.21 bits per heavy atom. The third-order valence-corrected chi connectivity index (χ3v) is 3.46. The molecule has 0 saturated carbocycles. The minimum absolute atomic E-state index is 0.855. The average molecular weight is 214 g/mol. The van der Waals surface area contributed by atoms with Crippen LogP contribution < -0.4 is 10.6 Å². The van der Waals surface area contributed by atoms with Gasteiger partial charge in [-0.15, -0.1) is 6.58 Å². The maximum atomic E-state index is 3.70. The zero-order valence-corrected chi connectivity index (χ0v) is 9.74. The Hall–Kier alpha value is 0.01000. The Balaban J connectivity index is 1.85. The van der Waals surface area contributed by atoms with Crippen LogP contribution in [0.1, 0.15) is 12.8 Å². The Morgan fingerprint density at radius 2 is 2.50 bits per heavy atom. The van der Waals surface area contributed by atoms with E-state index in [2.05, 4.69) is 17.2 Å². The standard InChI is InChI=1S/C11H22N2S/c1-2-7-14-8-6-13-10-11-4-3-5-12-9-11/h2,11-13H,1,3-10H2. The van der Waals surface area contributed by atoms with Gasteiger partial charge in [-0.05, 0) is 38.4 Å². The molecule has 1 rings (SSSR count). The van der Waals surface area contributed by atoms with Gasteiger partial charge in [0.2, 0.25) is 0 Å². The van der Waals surface area contributed by atoms with E-state index in [1.807, 2.05) is 17.8 Å². The number of hydrogen-bond donors (Lipinski definition) is 2. The van der Waals surface area contributed by atoms with Crippen LogP contribution in [0, 0.1) is 5.92 Å². The van der Waals surface area contributed by atoms with Crippen LogP contribution in [0.5, 0.6) is 0 Å². The van der Waals surface area contributed by atoms with Gasteiger partial charge in [-0.1, -0.05) is 6.08 Å². The van der Waals surface area contributed by atoms with Crippen LogP contribution in [0.25, 0.3) is 0 Å². The lowest BCUT2D eigenvalue weighted by Gasteiger charge is -2.22.